The summed E-state index contributed by atoms with van der Waals surface area (Å²) < 4.78 is 14.6. The average Bonchev–Trinajstić information content (AvgIpc) is 3.11. The van der Waals surface area contributed by atoms with Gasteiger partial charge in [0, 0.05) is 54.3 Å². The summed E-state index contributed by atoms with van der Waals surface area (Å²) in [6.07, 6.45) is 11.2. The van der Waals surface area contributed by atoms with E-state index in [1.54, 1.807) is 0 Å². The SMILES string of the molecule is CCCc1ncc(CCc2ccc(Cc3c[nH]c4ncc(C)cc34)c(F)n2)cn1. The third kappa shape index (κ3) is 4.47. The molecule has 0 radical (unpaired) electrons. The van der Waals surface area contributed by atoms with E-state index in [2.05, 4.69) is 37.9 Å². The van der Waals surface area contributed by atoms with E-state index >= 15 is 0 Å². The molecule has 0 unspecified atom stereocenters. The Kier molecular flexibility index (Phi) is 5.60. The third-order valence-electron chi connectivity index (χ3n) is 5.02. The van der Waals surface area contributed by atoms with Crippen LogP contribution in [0.15, 0.2) is 43.0 Å². The second-order valence-corrected chi connectivity index (χ2v) is 7.41. The van der Waals surface area contributed by atoms with E-state index in [1.807, 2.05) is 43.8 Å². The summed E-state index contributed by atoms with van der Waals surface area (Å²) in [6, 6.07) is 5.81. The lowest BCUT2D eigenvalue weighted by Gasteiger charge is -2.06. The summed E-state index contributed by atoms with van der Waals surface area (Å²) in [5, 5.41) is 1.03. The van der Waals surface area contributed by atoms with Gasteiger partial charge < -0.3 is 4.98 Å². The molecule has 0 saturated heterocycles. The Morgan fingerprint density at radius 1 is 0.966 bits per heavy atom. The zero-order chi connectivity index (χ0) is 20.2. The van der Waals surface area contributed by atoms with Crippen LogP contribution in [0.5, 0.6) is 0 Å². The second-order valence-electron chi connectivity index (χ2n) is 7.41. The van der Waals surface area contributed by atoms with Gasteiger partial charge in [0.1, 0.15) is 11.5 Å². The quantitative estimate of drug-likeness (QED) is 0.472. The normalized spacial score (nSPS) is 11.3. The van der Waals surface area contributed by atoms with E-state index in [-0.39, 0.29) is 0 Å². The molecule has 1 N–H and O–H groups in total. The lowest BCUT2D eigenvalue weighted by Crippen LogP contribution is -2.02. The van der Waals surface area contributed by atoms with Crippen molar-refractivity contribution in [3.63, 3.8) is 0 Å². The Balaban J connectivity index is 1.44. The number of H-pyrrole nitrogens is 1. The molecule has 148 valence electrons. The van der Waals surface area contributed by atoms with Crippen LogP contribution in [0.1, 0.15) is 47.1 Å². The van der Waals surface area contributed by atoms with Crippen LogP contribution in [0, 0.1) is 12.9 Å². The molecule has 6 heteroatoms. The number of nitrogens with zero attached hydrogens (tertiary/aromatic N) is 4. The monoisotopic (exact) mass is 389 g/mol. The first-order valence-electron chi connectivity index (χ1n) is 9.99. The van der Waals surface area contributed by atoms with Crippen LogP contribution < -0.4 is 0 Å². The highest BCUT2D eigenvalue weighted by Gasteiger charge is 2.11. The van der Waals surface area contributed by atoms with Gasteiger partial charge in [0.15, 0.2) is 0 Å². The minimum atomic E-state index is -0.410. The summed E-state index contributed by atoms with van der Waals surface area (Å²) in [5.41, 5.74) is 5.29. The van der Waals surface area contributed by atoms with Crippen molar-refractivity contribution in [2.24, 2.45) is 0 Å². The average molecular weight is 389 g/mol. The first-order chi connectivity index (χ1) is 14.1. The molecule has 0 amide bonds. The number of pyridine rings is 2. The molecule has 4 aromatic heterocycles. The van der Waals surface area contributed by atoms with E-state index < -0.39 is 5.95 Å². The summed E-state index contributed by atoms with van der Waals surface area (Å²) in [7, 11) is 0. The number of rotatable bonds is 7. The third-order valence-corrected chi connectivity index (χ3v) is 5.02. The number of hydrogen-bond donors (Lipinski definition) is 1. The summed E-state index contributed by atoms with van der Waals surface area (Å²) in [4.78, 5) is 20.4. The van der Waals surface area contributed by atoms with Crippen molar-refractivity contribution in [3.05, 3.63) is 82.7 Å². The number of aryl methyl sites for hydroxylation is 4. The Labute approximate surface area is 169 Å². The lowest BCUT2D eigenvalue weighted by molar-refractivity contribution is 0.563. The van der Waals surface area contributed by atoms with E-state index in [9.17, 15) is 4.39 Å². The molecule has 0 aliphatic rings. The first kappa shape index (κ1) is 19.2. The smallest absolute Gasteiger partial charge is 0.216 e. The predicted molar refractivity (Wildman–Crippen MR) is 111 cm³/mol. The molecule has 0 saturated carbocycles. The molecule has 0 fully saturated rings. The molecule has 29 heavy (non-hydrogen) atoms. The topological polar surface area (TPSA) is 67.3 Å². The van der Waals surface area contributed by atoms with Crippen molar-refractivity contribution in [2.45, 2.75) is 46.0 Å². The Morgan fingerprint density at radius 3 is 2.55 bits per heavy atom. The molecule has 4 rings (SSSR count). The molecule has 0 aliphatic carbocycles. The van der Waals surface area contributed by atoms with Crippen LogP contribution in [0.25, 0.3) is 11.0 Å². The van der Waals surface area contributed by atoms with E-state index in [0.29, 0.717) is 18.4 Å². The van der Waals surface area contributed by atoms with E-state index in [1.165, 1.54) is 0 Å². The minimum absolute atomic E-state index is 0.410. The van der Waals surface area contributed by atoms with Crippen molar-refractivity contribution < 1.29 is 4.39 Å². The highest BCUT2D eigenvalue weighted by Crippen LogP contribution is 2.22. The fourth-order valence-electron chi connectivity index (χ4n) is 3.42. The molecule has 0 spiro atoms. The summed E-state index contributed by atoms with van der Waals surface area (Å²) in [6.45, 7) is 4.11. The highest BCUT2D eigenvalue weighted by molar-refractivity contribution is 5.80. The van der Waals surface area contributed by atoms with Crippen LogP contribution in [0.2, 0.25) is 0 Å². The van der Waals surface area contributed by atoms with Crippen molar-refractivity contribution in [1.29, 1.82) is 0 Å². The fraction of sp³-hybridized carbons (Fsp3) is 0.304. The van der Waals surface area contributed by atoms with Crippen LogP contribution in [0.4, 0.5) is 4.39 Å². The number of hydrogen-bond acceptors (Lipinski definition) is 4. The number of aromatic nitrogens is 5. The maximum absolute atomic E-state index is 14.6. The van der Waals surface area contributed by atoms with Crippen LogP contribution >= 0.6 is 0 Å². The minimum Gasteiger partial charge on any atom is -0.346 e. The van der Waals surface area contributed by atoms with Crippen LogP contribution in [-0.4, -0.2) is 24.9 Å². The van der Waals surface area contributed by atoms with E-state index in [4.69, 9.17) is 0 Å². The molecule has 0 atom stereocenters. The molecular formula is C23H24FN5. The Bertz CT molecular complexity index is 1120. The fourth-order valence-corrected chi connectivity index (χ4v) is 3.42. The van der Waals surface area contributed by atoms with E-state index in [0.717, 1.165) is 58.5 Å². The molecule has 0 bridgehead atoms. The van der Waals surface area contributed by atoms with Gasteiger partial charge in [-0.3, -0.25) is 0 Å². The van der Waals surface area contributed by atoms with Crippen molar-refractivity contribution in [3.8, 4) is 0 Å². The van der Waals surface area contributed by atoms with Gasteiger partial charge in [0.25, 0.3) is 0 Å². The number of nitrogens with one attached hydrogen (secondary N) is 1. The maximum atomic E-state index is 14.6. The number of fused-ring (bicyclic) bond motifs is 1. The molecule has 4 aromatic rings. The molecule has 0 aliphatic heterocycles. The van der Waals surface area contributed by atoms with Crippen LogP contribution in [-0.2, 0) is 25.7 Å². The largest absolute Gasteiger partial charge is 0.346 e. The van der Waals surface area contributed by atoms with Gasteiger partial charge >= 0.3 is 0 Å². The van der Waals surface area contributed by atoms with Crippen molar-refractivity contribution in [2.75, 3.05) is 0 Å². The first-order valence-corrected chi connectivity index (χ1v) is 9.99. The molecule has 4 heterocycles. The standard InChI is InChI=1S/C23H24FN5/c1-3-4-21-25-12-16(13-26-21)5-7-19-8-6-17(22(24)29-19)10-18-14-28-23-20(18)9-15(2)11-27-23/h6,8-9,11-14H,3-5,7,10H2,1-2H3,(H,27,28). The highest BCUT2D eigenvalue weighted by atomic mass is 19.1. The van der Waals surface area contributed by atoms with Crippen LogP contribution in [0.3, 0.4) is 0 Å². The molecule has 0 aromatic carbocycles. The van der Waals surface area contributed by atoms with Crippen molar-refractivity contribution in [1.82, 2.24) is 24.9 Å². The second kappa shape index (κ2) is 8.47. The lowest BCUT2D eigenvalue weighted by atomic mass is 10.0. The number of aromatic amines is 1. The van der Waals surface area contributed by atoms with Gasteiger partial charge in [-0.1, -0.05) is 13.0 Å². The Hall–Kier alpha value is -3.15. The summed E-state index contributed by atoms with van der Waals surface area (Å²) in [5.74, 6) is 0.458. The maximum Gasteiger partial charge on any atom is 0.216 e. The Morgan fingerprint density at radius 2 is 1.79 bits per heavy atom. The van der Waals surface area contributed by atoms with Crippen molar-refractivity contribution >= 4 is 11.0 Å². The van der Waals surface area contributed by atoms with Gasteiger partial charge in [0.2, 0.25) is 5.95 Å². The molecular weight excluding hydrogens is 365 g/mol. The summed E-state index contributed by atoms with van der Waals surface area (Å²) >= 11 is 0. The van der Waals surface area contributed by atoms with Gasteiger partial charge in [-0.05, 0) is 55.0 Å². The molecule has 5 nitrogen and oxygen atoms in total. The van der Waals surface area contributed by atoms with Gasteiger partial charge in [-0.2, -0.15) is 4.39 Å². The predicted octanol–water partition coefficient (Wildman–Crippen LogP) is 4.52. The van der Waals surface area contributed by atoms with Gasteiger partial charge in [-0.25, -0.2) is 19.9 Å². The number of halogens is 1. The zero-order valence-corrected chi connectivity index (χ0v) is 16.7. The van der Waals surface area contributed by atoms with Gasteiger partial charge in [-0.15, -0.1) is 0 Å². The zero-order valence-electron chi connectivity index (χ0n) is 16.7. The van der Waals surface area contributed by atoms with Gasteiger partial charge in [0.05, 0.1) is 0 Å².